The summed E-state index contributed by atoms with van der Waals surface area (Å²) < 4.78 is 4.85. The highest BCUT2D eigenvalue weighted by Crippen LogP contribution is 2.11. The Morgan fingerprint density at radius 1 is 1.56 bits per heavy atom. The van der Waals surface area contributed by atoms with Gasteiger partial charge in [0.25, 0.3) is 0 Å². The highest BCUT2D eigenvalue weighted by atomic mass is 32.1. The van der Waals surface area contributed by atoms with E-state index in [-0.39, 0.29) is 12.5 Å². The van der Waals surface area contributed by atoms with Gasteiger partial charge in [-0.25, -0.2) is 0 Å². The van der Waals surface area contributed by atoms with Crippen molar-refractivity contribution in [3.05, 3.63) is 52.6 Å². The van der Waals surface area contributed by atoms with E-state index in [4.69, 9.17) is 4.42 Å². The molecule has 0 fully saturated rings. The van der Waals surface area contributed by atoms with Crippen LogP contribution in [0, 0.1) is 0 Å². The molecule has 0 bridgehead atoms. The molecule has 0 aliphatic rings. The SMILES string of the molecule is O=C(/C=C/c1ccsc1)NC[C@H](O)c1ccoc1. The van der Waals surface area contributed by atoms with Gasteiger partial charge in [-0.2, -0.15) is 11.3 Å². The largest absolute Gasteiger partial charge is 0.472 e. The number of thiophene rings is 1. The minimum atomic E-state index is -0.748. The fourth-order valence-corrected chi connectivity index (χ4v) is 2.01. The molecule has 2 aromatic heterocycles. The molecule has 0 saturated carbocycles. The van der Waals surface area contributed by atoms with Gasteiger partial charge in [-0.3, -0.25) is 4.79 Å². The van der Waals surface area contributed by atoms with Gasteiger partial charge in [-0.15, -0.1) is 0 Å². The van der Waals surface area contributed by atoms with E-state index in [9.17, 15) is 9.90 Å². The fourth-order valence-electron chi connectivity index (χ4n) is 1.38. The second kappa shape index (κ2) is 6.18. The molecule has 1 amide bonds. The molecule has 2 N–H and O–H groups in total. The van der Waals surface area contributed by atoms with E-state index in [1.165, 1.54) is 18.6 Å². The lowest BCUT2D eigenvalue weighted by atomic mass is 10.2. The minimum Gasteiger partial charge on any atom is -0.472 e. The molecule has 0 spiro atoms. The first-order valence-electron chi connectivity index (χ1n) is 5.44. The van der Waals surface area contributed by atoms with Crippen molar-refractivity contribution >= 4 is 23.3 Å². The van der Waals surface area contributed by atoms with Gasteiger partial charge in [0, 0.05) is 18.2 Å². The van der Waals surface area contributed by atoms with Gasteiger partial charge in [0.05, 0.1) is 18.6 Å². The van der Waals surface area contributed by atoms with Crippen molar-refractivity contribution in [1.82, 2.24) is 5.32 Å². The van der Waals surface area contributed by atoms with Gasteiger partial charge in [0.15, 0.2) is 0 Å². The van der Waals surface area contributed by atoms with Crippen LogP contribution in [0.5, 0.6) is 0 Å². The lowest BCUT2D eigenvalue weighted by Crippen LogP contribution is -2.26. The molecular weight excluding hydrogens is 250 g/mol. The van der Waals surface area contributed by atoms with Gasteiger partial charge in [0.1, 0.15) is 0 Å². The summed E-state index contributed by atoms with van der Waals surface area (Å²) in [4.78, 5) is 11.5. The minimum absolute atomic E-state index is 0.159. The third kappa shape index (κ3) is 3.58. The molecule has 2 aromatic rings. The quantitative estimate of drug-likeness (QED) is 0.813. The standard InChI is InChI=1S/C13H13NO3S/c15-12(11-3-5-17-8-11)7-14-13(16)2-1-10-4-6-18-9-10/h1-6,8-9,12,15H,7H2,(H,14,16)/b2-1+/t12-/m0/s1. The second-order valence-electron chi connectivity index (χ2n) is 3.71. The zero-order valence-electron chi connectivity index (χ0n) is 9.58. The monoisotopic (exact) mass is 263 g/mol. The molecule has 0 unspecified atom stereocenters. The Morgan fingerprint density at radius 2 is 2.44 bits per heavy atom. The van der Waals surface area contributed by atoms with Gasteiger partial charge >= 0.3 is 0 Å². The predicted molar refractivity (Wildman–Crippen MR) is 70.0 cm³/mol. The normalized spacial score (nSPS) is 12.7. The molecule has 18 heavy (non-hydrogen) atoms. The molecule has 4 nitrogen and oxygen atoms in total. The molecule has 0 aromatic carbocycles. The highest BCUT2D eigenvalue weighted by Gasteiger charge is 2.09. The van der Waals surface area contributed by atoms with Crippen LogP contribution in [0.3, 0.4) is 0 Å². The van der Waals surface area contributed by atoms with Crippen molar-refractivity contribution < 1.29 is 14.3 Å². The number of carbonyl (C=O) groups is 1. The third-order valence-corrected chi connectivity index (χ3v) is 3.07. The average Bonchev–Trinajstić information content (AvgIpc) is 3.05. The van der Waals surface area contributed by atoms with E-state index < -0.39 is 6.10 Å². The topological polar surface area (TPSA) is 62.5 Å². The number of hydrogen-bond donors (Lipinski definition) is 2. The van der Waals surface area contributed by atoms with Crippen LogP contribution in [-0.4, -0.2) is 17.6 Å². The number of amides is 1. The van der Waals surface area contributed by atoms with Crippen molar-refractivity contribution in [1.29, 1.82) is 0 Å². The van der Waals surface area contributed by atoms with Crippen molar-refractivity contribution in [3.63, 3.8) is 0 Å². The van der Waals surface area contributed by atoms with Gasteiger partial charge in [-0.05, 0) is 34.5 Å². The third-order valence-electron chi connectivity index (χ3n) is 2.37. The van der Waals surface area contributed by atoms with E-state index in [1.807, 2.05) is 16.8 Å². The number of nitrogens with one attached hydrogen (secondary N) is 1. The first-order chi connectivity index (χ1) is 8.75. The number of aliphatic hydroxyl groups excluding tert-OH is 1. The van der Waals surface area contributed by atoms with E-state index in [0.717, 1.165) is 5.56 Å². The molecular formula is C13H13NO3S. The van der Waals surface area contributed by atoms with E-state index in [1.54, 1.807) is 23.5 Å². The molecule has 0 saturated heterocycles. The Balaban J connectivity index is 1.78. The molecule has 0 radical (unpaired) electrons. The molecule has 0 aliphatic heterocycles. The molecule has 2 rings (SSSR count). The fraction of sp³-hybridized carbons (Fsp3) is 0.154. The number of hydrogen-bond acceptors (Lipinski definition) is 4. The summed E-state index contributed by atoms with van der Waals surface area (Å²) >= 11 is 1.57. The Kier molecular flexibility index (Phi) is 4.33. The average molecular weight is 263 g/mol. The van der Waals surface area contributed by atoms with Gasteiger partial charge < -0.3 is 14.8 Å². The predicted octanol–water partition coefficient (Wildman–Crippen LogP) is 2.20. The van der Waals surface area contributed by atoms with Crippen LogP contribution in [0.1, 0.15) is 17.2 Å². The van der Waals surface area contributed by atoms with Gasteiger partial charge in [0.2, 0.25) is 5.91 Å². The maximum absolute atomic E-state index is 11.5. The first kappa shape index (κ1) is 12.6. The summed E-state index contributed by atoms with van der Waals surface area (Å²) in [6.07, 6.45) is 5.37. The Labute approximate surface area is 109 Å². The second-order valence-corrected chi connectivity index (χ2v) is 4.49. The summed E-state index contributed by atoms with van der Waals surface area (Å²) in [6.45, 7) is 0.159. The number of rotatable bonds is 5. The van der Waals surface area contributed by atoms with Gasteiger partial charge in [-0.1, -0.05) is 0 Å². The van der Waals surface area contributed by atoms with Crippen LogP contribution < -0.4 is 5.32 Å². The van der Waals surface area contributed by atoms with Crippen LogP contribution in [0.25, 0.3) is 6.08 Å². The zero-order chi connectivity index (χ0) is 12.8. The van der Waals surface area contributed by atoms with Crippen LogP contribution in [-0.2, 0) is 4.79 Å². The molecule has 2 heterocycles. The van der Waals surface area contributed by atoms with E-state index in [2.05, 4.69) is 5.32 Å². The first-order valence-corrected chi connectivity index (χ1v) is 6.38. The van der Waals surface area contributed by atoms with Crippen molar-refractivity contribution in [2.45, 2.75) is 6.10 Å². The molecule has 5 heteroatoms. The Bertz CT molecular complexity index is 502. The van der Waals surface area contributed by atoms with Crippen molar-refractivity contribution in [2.75, 3.05) is 6.54 Å². The Hall–Kier alpha value is -1.85. The van der Waals surface area contributed by atoms with Crippen LogP contribution in [0.2, 0.25) is 0 Å². The lowest BCUT2D eigenvalue weighted by molar-refractivity contribution is -0.116. The zero-order valence-corrected chi connectivity index (χ0v) is 10.4. The summed E-state index contributed by atoms with van der Waals surface area (Å²) in [5.74, 6) is -0.233. The number of carbonyl (C=O) groups excluding carboxylic acids is 1. The summed E-state index contributed by atoms with van der Waals surface area (Å²) in [5, 5.41) is 16.2. The summed E-state index contributed by atoms with van der Waals surface area (Å²) in [5.41, 5.74) is 1.64. The summed E-state index contributed by atoms with van der Waals surface area (Å²) in [6, 6.07) is 3.59. The highest BCUT2D eigenvalue weighted by molar-refractivity contribution is 7.08. The smallest absolute Gasteiger partial charge is 0.244 e. The van der Waals surface area contributed by atoms with Crippen LogP contribution >= 0.6 is 11.3 Å². The van der Waals surface area contributed by atoms with Crippen molar-refractivity contribution in [3.8, 4) is 0 Å². The molecule has 94 valence electrons. The molecule has 1 atom stereocenters. The summed E-state index contributed by atoms with van der Waals surface area (Å²) in [7, 11) is 0. The maximum atomic E-state index is 11.5. The number of aliphatic hydroxyl groups is 1. The van der Waals surface area contributed by atoms with Crippen LogP contribution in [0.15, 0.2) is 45.9 Å². The maximum Gasteiger partial charge on any atom is 0.244 e. The number of furan rings is 1. The van der Waals surface area contributed by atoms with E-state index in [0.29, 0.717) is 5.56 Å². The van der Waals surface area contributed by atoms with E-state index >= 15 is 0 Å². The Morgan fingerprint density at radius 3 is 3.11 bits per heavy atom. The molecule has 0 aliphatic carbocycles. The van der Waals surface area contributed by atoms with Crippen molar-refractivity contribution in [2.24, 2.45) is 0 Å². The van der Waals surface area contributed by atoms with Crippen LogP contribution in [0.4, 0.5) is 0 Å². The lowest BCUT2D eigenvalue weighted by Gasteiger charge is -2.08.